The van der Waals surface area contributed by atoms with E-state index in [1.165, 1.54) is 28.6 Å². The van der Waals surface area contributed by atoms with Crippen molar-refractivity contribution in [3.63, 3.8) is 0 Å². The molecule has 1 aromatic heterocycles. The highest BCUT2D eigenvalue weighted by Gasteiger charge is 2.31. The highest BCUT2D eigenvalue weighted by Crippen LogP contribution is 2.33. The molecule has 1 atom stereocenters. The number of aromatic nitrogens is 2. The number of carbonyl (C=O) groups is 1. The van der Waals surface area contributed by atoms with Gasteiger partial charge in [0, 0.05) is 35.0 Å². The van der Waals surface area contributed by atoms with Gasteiger partial charge >= 0.3 is 0 Å². The van der Waals surface area contributed by atoms with Crippen LogP contribution in [0.2, 0.25) is 0 Å². The molecule has 8 nitrogen and oxygen atoms in total. The smallest absolute Gasteiger partial charge is 0.256 e. The number of hydrogen-bond acceptors (Lipinski definition) is 5. The van der Waals surface area contributed by atoms with Crippen molar-refractivity contribution in [3.05, 3.63) is 41.1 Å². The predicted octanol–water partition coefficient (Wildman–Crippen LogP) is 2.68. The second kappa shape index (κ2) is 8.24. The van der Waals surface area contributed by atoms with Crippen molar-refractivity contribution in [1.29, 1.82) is 0 Å². The van der Waals surface area contributed by atoms with Crippen molar-refractivity contribution in [2.45, 2.75) is 56.6 Å². The number of rotatable bonds is 6. The van der Waals surface area contributed by atoms with E-state index in [4.69, 9.17) is 0 Å². The number of anilines is 1. The zero-order chi connectivity index (χ0) is 22.3. The van der Waals surface area contributed by atoms with Crippen LogP contribution in [0.5, 0.6) is 0 Å². The van der Waals surface area contributed by atoms with Gasteiger partial charge in [0.15, 0.2) is 0 Å². The van der Waals surface area contributed by atoms with Gasteiger partial charge in [-0.05, 0) is 45.0 Å². The van der Waals surface area contributed by atoms with Crippen molar-refractivity contribution >= 4 is 32.5 Å². The third kappa shape index (κ3) is 4.21. The third-order valence-corrected chi connectivity index (χ3v) is 8.27. The monoisotopic (exact) mass is 452 g/mol. The molecule has 164 valence electrons. The number of carbonyl (C=O) groups excluding carboxylic acids is 1. The van der Waals surface area contributed by atoms with Gasteiger partial charge in [-0.1, -0.05) is 13.8 Å². The van der Waals surface area contributed by atoms with E-state index in [2.05, 4.69) is 10.4 Å². The molecule has 0 fully saturated rings. The van der Waals surface area contributed by atoms with Crippen LogP contribution in [-0.4, -0.2) is 45.7 Å². The van der Waals surface area contributed by atoms with Crippen LogP contribution in [0, 0.1) is 0 Å². The molecule has 2 heterocycles. The quantitative estimate of drug-likeness (QED) is 0.726. The van der Waals surface area contributed by atoms with Gasteiger partial charge in [0.05, 0.1) is 27.6 Å². The van der Waals surface area contributed by atoms with Crippen molar-refractivity contribution < 1.29 is 17.4 Å². The summed E-state index contributed by atoms with van der Waals surface area (Å²) in [5.74, 6) is 0.933. The largest absolute Gasteiger partial charge is 0.306 e. The fourth-order valence-electron chi connectivity index (χ4n) is 3.41. The molecule has 2 aromatic rings. The Balaban J connectivity index is 1.89. The minimum absolute atomic E-state index is 0.152. The molecule has 0 aliphatic carbocycles. The number of hydrogen-bond donors (Lipinski definition) is 1. The second-order valence-corrected chi connectivity index (χ2v) is 11.5. The van der Waals surface area contributed by atoms with Gasteiger partial charge in [-0.3, -0.25) is 9.00 Å². The fourth-order valence-corrected chi connectivity index (χ4v) is 6.13. The van der Waals surface area contributed by atoms with Gasteiger partial charge in [0.25, 0.3) is 5.91 Å². The lowest BCUT2D eigenvalue weighted by Crippen LogP contribution is -2.30. The van der Waals surface area contributed by atoms with E-state index < -0.39 is 20.8 Å². The molecule has 3 rings (SSSR count). The van der Waals surface area contributed by atoms with E-state index in [0.717, 1.165) is 11.3 Å². The summed E-state index contributed by atoms with van der Waals surface area (Å²) in [6.45, 7) is 10.3. The molecule has 1 amide bonds. The Morgan fingerprint density at radius 1 is 1.17 bits per heavy atom. The zero-order valence-electron chi connectivity index (χ0n) is 17.9. The van der Waals surface area contributed by atoms with Crippen molar-refractivity contribution in [2.24, 2.45) is 0 Å². The van der Waals surface area contributed by atoms with Crippen LogP contribution in [0.4, 0.5) is 5.82 Å². The van der Waals surface area contributed by atoms with Gasteiger partial charge in [-0.2, -0.15) is 9.40 Å². The summed E-state index contributed by atoms with van der Waals surface area (Å²) in [7, 11) is -4.59. The van der Waals surface area contributed by atoms with Crippen LogP contribution in [0.25, 0.3) is 0 Å². The van der Waals surface area contributed by atoms with Gasteiger partial charge in [0.1, 0.15) is 5.82 Å². The molecule has 0 radical (unpaired) electrons. The second-order valence-electron chi connectivity index (χ2n) is 8.15. The fraction of sp³-hybridized carbons (Fsp3) is 0.500. The number of fused-ring (bicyclic) bond motifs is 1. The predicted molar refractivity (Wildman–Crippen MR) is 117 cm³/mol. The number of amides is 1. The standard InChI is InChI=1S/C20H28N4O4S2/c1-6-23(7-2)30(27,28)15-10-8-14(9-11-15)19(25)21-18-16-12-29(26)13-17(16)22-24(18)20(3,4)5/h8-11H,6-7,12-13H2,1-5H3,(H,21,25)/t29-/m0/s1. The highest BCUT2D eigenvalue weighted by molar-refractivity contribution is 7.89. The summed E-state index contributed by atoms with van der Waals surface area (Å²) >= 11 is 0. The van der Waals surface area contributed by atoms with E-state index in [1.807, 2.05) is 20.8 Å². The van der Waals surface area contributed by atoms with Crippen molar-refractivity contribution in [3.8, 4) is 0 Å². The Labute approximate surface area is 180 Å². The molecule has 0 bridgehead atoms. The first-order chi connectivity index (χ1) is 14.0. The summed E-state index contributed by atoms with van der Waals surface area (Å²) in [5, 5.41) is 7.47. The normalized spacial score (nSPS) is 16.7. The lowest BCUT2D eigenvalue weighted by atomic mass is 10.1. The molecule has 1 aromatic carbocycles. The van der Waals surface area contributed by atoms with Crippen LogP contribution in [-0.2, 0) is 37.9 Å². The van der Waals surface area contributed by atoms with E-state index in [1.54, 1.807) is 18.5 Å². The highest BCUT2D eigenvalue weighted by atomic mass is 32.2. The van der Waals surface area contributed by atoms with Gasteiger partial charge in [0.2, 0.25) is 10.0 Å². The van der Waals surface area contributed by atoms with Gasteiger partial charge in [-0.15, -0.1) is 0 Å². The number of sulfonamides is 1. The molecule has 30 heavy (non-hydrogen) atoms. The summed E-state index contributed by atoms with van der Waals surface area (Å²) in [6.07, 6.45) is 0. The lowest BCUT2D eigenvalue weighted by molar-refractivity contribution is 0.102. The van der Waals surface area contributed by atoms with Crippen LogP contribution < -0.4 is 5.32 Å². The Morgan fingerprint density at radius 3 is 2.30 bits per heavy atom. The number of nitrogens with zero attached hydrogens (tertiary/aromatic N) is 3. The first-order valence-corrected chi connectivity index (χ1v) is 12.8. The third-order valence-electron chi connectivity index (χ3n) is 5.00. The Hall–Kier alpha value is -2.04. The lowest BCUT2D eigenvalue weighted by Gasteiger charge is -2.23. The molecular weight excluding hydrogens is 424 g/mol. The van der Waals surface area contributed by atoms with Gasteiger partial charge < -0.3 is 5.32 Å². The Morgan fingerprint density at radius 2 is 1.77 bits per heavy atom. The molecule has 1 N–H and O–H groups in total. The minimum atomic E-state index is -3.58. The molecule has 0 saturated carbocycles. The molecular formula is C20H28N4O4S2. The summed E-state index contributed by atoms with van der Waals surface area (Å²) in [4.78, 5) is 13.0. The molecule has 1 aliphatic heterocycles. The number of benzene rings is 1. The van der Waals surface area contributed by atoms with Crippen LogP contribution in [0.1, 0.15) is 56.2 Å². The zero-order valence-corrected chi connectivity index (χ0v) is 19.6. The average Bonchev–Trinajstić information content (AvgIpc) is 3.19. The summed E-state index contributed by atoms with van der Waals surface area (Å²) in [5.41, 5.74) is 1.52. The molecule has 0 unspecified atom stereocenters. The van der Waals surface area contributed by atoms with E-state index >= 15 is 0 Å². The molecule has 0 spiro atoms. The number of nitrogens with one attached hydrogen (secondary N) is 1. The maximum absolute atomic E-state index is 12.9. The van der Waals surface area contributed by atoms with E-state index in [-0.39, 0.29) is 16.3 Å². The Kier molecular flexibility index (Phi) is 6.22. The van der Waals surface area contributed by atoms with Gasteiger partial charge in [-0.25, -0.2) is 13.1 Å². The molecule has 10 heteroatoms. The van der Waals surface area contributed by atoms with Crippen LogP contribution in [0.3, 0.4) is 0 Å². The maximum Gasteiger partial charge on any atom is 0.256 e. The van der Waals surface area contributed by atoms with Crippen LogP contribution >= 0.6 is 0 Å². The first kappa shape index (κ1) is 22.6. The maximum atomic E-state index is 12.9. The van der Waals surface area contributed by atoms with Crippen molar-refractivity contribution in [2.75, 3.05) is 18.4 Å². The average molecular weight is 453 g/mol. The topological polar surface area (TPSA) is 101 Å². The molecule has 1 aliphatic rings. The van der Waals surface area contributed by atoms with E-state index in [9.17, 15) is 17.4 Å². The minimum Gasteiger partial charge on any atom is -0.306 e. The van der Waals surface area contributed by atoms with E-state index in [0.29, 0.717) is 36.0 Å². The van der Waals surface area contributed by atoms with Crippen molar-refractivity contribution in [1.82, 2.24) is 14.1 Å². The Bertz CT molecular complexity index is 1080. The molecule has 0 saturated heterocycles. The summed E-state index contributed by atoms with van der Waals surface area (Å²) < 4.78 is 40.3. The van der Waals surface area contributed by atoms with Crippen LogP contribution in [0.15, 0.2) is 29.2 Å². The summed E-state index contributed by atoms with van der Waals surface area (Å²) in [6, 6.07) is 5.90. The first-order valence-electron chi connectivity index (χ1n) is 9.86. The SMILES string of the molecule is CCN(CC)S(=O)(=O)c1ccc(C(=O)Nc2c3c(nn2C(C)(C)C)C[S@@](=O)C3)cc1.